The van der Waals surface area contributed by atoms with Crippen LogP contribution in [0.15, 0.2) is 89.9 Å². The first-order chi connectivity index (χ1) is 16.0. The van der Waals surface area contributed by atoms with Gasteiger partial charge in [-0.15, -0.1) is 11.3 Å². The van der Waals surface area contributed by atoms with E-state index < -0.39 is 5.91 Å². The third-order valence-electron chi connectivity index (χ3n) is 5.33. The van der Waals surface area contributed by atoms with Gasteiger partial charge in [0.15, 0.2) is 0 Å². The summed E-state index contributed by atoms with van der Waals surface area (Å²) < 4.78 is 0. The molecule has 0 unspecified atom stereocenters. The van der Waals surface area contributed by atoms with Crippen LogP contribution in [0.3, 0.4) is 0 Å². The van der Waals surface area contributed by atoms with Crippen molar-refractivity contribution >= 4 is 62.5 Å². The molecule has 0 fully saturated rings. The van der Waals surface area contributed by atoms with Crippen molar-refractivity contribution in [2.24, 2.45) is 0 Å². The number of hydrogen-bond acceptors (Lipinski definition) is 5. The number of imide groups is 1. The highest BCUT2D eigenvalue weighted by molar-refractivity contribution is 7.11. The quantitative estimate of drug-likeness (QED) is 0.404. The smallest absolute Gasteiger partial charge is 0.282 e. The lowest BCUT2D eigenvalue weighted by Crippen LogP contribution is -2.32. The highest BCUT2D eigenvalue weighted by Crippen LogP contribution is 2.38. The highest BCUT2D eigenvalue weighted by Gasteiger charge is 2.41. The number of benzene rings is 3. The number of hydrogen-bond donors (Lipinski definition) is 2. The van der Waals surface area contributed by atoms with E-state index in [1.807, 2.05) is 53.9 Å². The van der Waals surface area contributed by atoms with Gasteiger partial charge in [-0.1, -0.05) is 42.5 Å². The van der Waals surface area contributed by atoms with Gasteiger partial charge in [-0.2, -0.15) is 0 Å². The van der Waals surface area contributed by atoms with Gasteiger partial charge in [-0.25, -0.2) is 4.90 Å². The van der Waals surface area contributed by atoms with Gasteiger partial charge in [0.2, 0.25) is 5.91 Å². The van der Waals surface area contributed by atoms with E-state index in [9.17, 15) is 14.4 Å². The fourth-order valence-electron chi connectivity index (χ4n) is 3.90. The molecule has 1 aliphatic heterocycles. The number of rotatable bonds is 5. The second-order valence-electron chi connectivity index (χ2n) is 7.55. The van der Waals surface area contributed by atoms with Gasteiger partial charge in [0.25, 0.3) is 11.8 Å². The summed E-state index contributed by atoms with van der Waals surface area (Å²) in [5.41, 5.74) is 2.40. The molecule has 0 atom stereocenters. The van der Waals surface area contributed by atoms with Gasteiger partial charge >= 0.3 is 0 Å². The number of nitrogens with one attached hydrogen (secondary N) is 2. The van der Waals surface area contributed by atoms with Crippen LogP contribution in [-0.2, 0) is 14.4 Å². The summed E-state index contributed by atoms with van der Waals surface area (Å²) >= 11 is 1.41. The maximum absolute atomic E-state index is 13.6. The zero-order valence-electron chi connectivity index (χ0n) is 17.7. The molecule has 1 aromatic heterocycles. The van der Waals surface area contributed by atoms with Gasteiger partial charge in [0, 0.05) is 28.6 Å². The van der Waals surface area contributed by atoms with Crippen molar-refractivity contribution in [3.05, 3.63) is 94.8 Å². The first kappa shape index (κ1) is 20.7. The van der Waals surface area contributed by atoms with Crippen molar-refractivity contribution in [1.29, 1.82) is 0 Å². The number of carbonyl (C=O) groups is 3. The second kappa shape index (κ2) is 8.37. The molecule has 0 spiro atoms. The Morgan fingerprint density at radius 3 is 2.27 bits per heavy atom. The monoisotopic (exact) mass is 453 g/mol. The third-order valence-corrected chi connectivity index (χ3v) is 6.22. The van der Waals surface area contributed by atoms with Crippen molar-refractivity contribution in [1.82, 2.24) is 0 Å². The van der Waals surface area contributed by atoms with Crippen LogP contribution in [0, 0.1) is 0 Å². The van der Waals surface area contributed by atoms with Crippen LogP contribution in [0.4, 0.5) is 17.1 Å². The standard InChI is InChI=1S/C26H19N3O3S/c1-16(30)27-18-11-13-19(14-12-18)28-24-23(22-10-5-15-33-22)25(31)29(26(24)32)21-9-4-7-17-6-2-3-8-20(17)21/h2-15,28H,1H3,(H,27,30). The normalized spacial score (nSPS) is 13.7. The van der Waals surface area contributed by atoms with Crippen molar-refractivity contribution in [3.63, 3.8) is 0 Å². The number of nitrogens with zero attached hydrogens (tertiary/aromatic N) is 1. The molecule has 3 amide bonds. The summed E-state index contributed by atoms with van der Waals surface area (Å²) in [6, 6.07) is 23.9. The van der Waals surface area contributed by atoms with Gasteiger partial charge < -0.3 is 10.6 Å². The van der Waals surface area contributed by atoms with Crippen LogP contribution in [0.2, 0.25) is 0 Å². The molecule has 0 saturated heterocycles. The SMILES string of the molecule is CC(=O)Nc1ccc(NC2=C(c3cccs3)C(=O)N(c3cccc4ccccc34)C2=O)cc1. The molecule has 0 saturated carbocycles. The van der Waals surface area contributed by atoms with Crippen LogP contribution >= 0.6 is 11.3 Å². The van der Waals surface area contributed by atoms with Crippen molar-refractivity contribution in [3.8, 4) is 0 Å². The van der Waals surface area contributed by atoms with Crippen LogP contribution in [0.5, 0.6) is 0 Å². The zero-order valence-corrected chi connectivity index (χ0v) is 18.5. The number of thiophene rings is 1. The minimum Gasteiger partial charge on any atom is -0.350 e. The third kappa shape index (κ3) is 3.79. The molecule has 162 valence electrons. The molecule has 0 bridgehead atoms. The topological polar surface area (TPSA) is 78.5 Å². The Hall–Kier alpha value is -4.23. The Labute approximate surface area is 194 Å². The van der Waals surface area contributed by atoms with E-state index in [0.717, 1.165) is 10.8 Å². The maximum Gasteiger partial charge on any atom is 0.282 e. The first-order valence-electron chi connectivity index (χ1n) is 10.3. The molecular weight excluding hydrogens is 434 g/mol. The first-order valence-corrected chi connectivity index (χ1v) is 11.2. The van der Waals surface area contributed by atoms with E-state index in [1.54, 1.807) is 30.3 Å². The molecule has 2 N–H and O–H groups in total. The van der Waals surface area contributed by atoms with Crippen LogP contribution < -0.4 is 15.5 Å². The highest BCUT2D eigenvalue weighted by atomic mass is 32.1. The molecule has 7 heteroatoms. The summed E-state index contributed by atoms with van der Waals surface area (Å²) in [6.07, 6.45) is 0. The minimum absolute atomic E-state index is 0.166. The summed E-state index contributed by atoms with van der Waals surface area (Å²) in [5, 5.41) is 9.51. The van der Waals surface area contributed by atoms with Crippen LogP contribution in [0.25, 0.3) is 16.3 Å². The summed E-state index contributed by atoms with van der Waals surface area (Å²) in [6.45, 7) is 1.44. The lowest BCUT2D eigenvalue weighted by Gasteiger charge is -2.17. The zero-order chi connectivity index (χ0) is 22.9. The fraction of sp³-hybridized carbons (Fsp3) is 0.0385. The second-order valence-corrected chi connectivity index (χ2v) is 8.50. The molecule has 0 radical (unpaired) electrons. The van der Waals surface area contributed by atoms with E-state index in [4.69, 9.17) is 0 Å². The molecule has 0 aliphatic carbocycles. The molecular formula is C26H19N3O3S. The average Bonchev–Trinajstić information content (AvgIpc) is 3.41. The van der Waals surface area contributed by atoms with E-state index >= 15 is 0 Å². The predicted octanol–water partition coefficient (Wildman–Crippen LogP) is 5.26. The van der Waals surface area contributed by atoms with Gasteiger partial charge in [-0.05, 0) is 47.2 Å². The van der Waals surface area contributed by atoms with E-state index in [1.165, 1.54) is 23.2 Å². The van der Waals surface area contributed by atoms with Crippen LogP contribution in [0.1, 0.15) is 11.8 Å². The number of anilines is 3. The van der Waals surface area contributed by atoms with Gasteiger partial charge in [0.05, 0.1) is 11.3 Å². The number of amides is 3. The van der Waals surface area contributed by atoms with Crippen molar-refractivity contribution < 1.29 is 14.4 Å². The Morgan fingerprint density at radius 2 is 1.55 bits per heavy atom. The Morgan fingerprint density at radius 1 is 0.818 bits per heavy atom. The average molecular weight is 454 g/mol. The maximum atomic E-state index is 13.6. The molecule has 6 nitrogen and oxygen atoms in total. The van der Waals surface area contributed by atoms with E-state index in [-0.39, 0.29) is 17.5 Å². The number of fused-ring (bicyclic) bond motifs is 1. The molecule has 1 aliphatic rings. The predicted molar refractivity (Wildman–Crippen MR) is 132 cm³/mol. The molecule has 5 rings (SSSR count). The lowest BCUT2D eigenvalue weighted by molar-refractivity contribution is -0.120. The molecule has 2 heterocycles. The Balaban J connectivity index is 1.56. The summed E-state index contributed by atoms with van der Waals surface area (Å²) in [4.78, 5) is 40.4. The van der Waals surface area contributed by atoms with E-state index in [2.05, 4.69) is 10.6 Å². The lowest BCUT2D eigenvalue weighted by atomic mass is 10.1. The van der Waals surface area contributed by atoms with Gasteiger partial charge in [0.1, 0.15) is 5.70 Å². The van der Waals surface area contributed by atoms with Crippen LogP contribution in [-0.4, -0.2) is 17.7 Å². The number of carbonyl (C=O) groups excluding carboxylic acids is 3. The summed E-state index contributed by atoms with van der Waals surface area (Å²) in [5.74, 6) is -0.942. The van der Waals surface area contributed by atoms with Gasteiger partial charge in [-0.3, -0.25) is 14.4 Å². The molecule has 3 aromatic carbocycles. The molecule has 33 heavy (non-hydrogen) atoms. The van der Waals surface area contributed by atoms with Crippen molar-refractivity contribution in [2.75, 3.05) is 15.5 Å². The molecule has 4 aromatic rings. The fourth-order valence-corrected chi connectivity index (χ4v) is 4.67. The van der Waals surface area contributed by atoms with E-state index in [0.29, 0.717) is 27.5 Å². The summed E-state index contributed by atoms with van der Waals surface area (Å²) in [7, 11) is 0. The minimum atomic E-state index is -0.411. The Kier molecular flexibility index (Phi) is 5.24. The largest absolute Gasteiger partial charge is 0.350 e. The van der Waals surface area contributed by atoms with Crippen molar-refractivity contribution in [2.45, 2.75) is 6.92 Å². The Bertz CT molecular complexity index is 1420.